The first-order valence-corrected chi connectivity index (χ1v) is 5.42. The number of nitrogens with zero attached hydrogens (tertiary/aromatic N) is 4. The normalized spacial score (nSPS) is 10.9. The summed E-state index contributed by atoms with van der Waals surface area (Å²) in [4.78, 5) is 0. The number of hydrogen-bond donors (Lipinski definition) is 1. The zero-order valence-electron chi connectivity index (χ0n) is 9.75. The van der Waals surface area contributed by atoms with E-state index in [1.165, 1.54) is 0 Å². The quantitative estimate of drug-likeness (QED) is 0.726. The molecule has 3 aromatic rings. The summed E-state index contributed by atoms with van der Waals surface area (Å²) in [5, 5.41) is 11.6. The van der Waals surface area contributed by atoms with Crippen molar-refractivity contribution in [1.29, 1.82) is 0 Å². The average Bonchev–Trinajstić information content (AvgIpc) is 2.95. The molecule has 0 aromatic carbocycles. The molecule has 3 aromatic heterocycles. The zero-order valence-corrected chi connectivity index (χ0v) is 9.75. The van der Waals surface area contributed by atoms with Crippen molar-refractivity contribution >= 4 is 11.2 Å². The first kappa shape index (κ1) is 9.89. The second kappa shape index (κ2) is 3.62. The first-order valence-electron chi connectivity index (χ1n) is 5.42. The molecule has 0 aliphatic carbocycles. The summed E-state index contributed by atoms with van der Waals surface area (Å²) in [5.74, 6) is 0. The van der Waals surface area contributed by atoms with Crippen molar-refractivity contribution in [1.82, 2.24) is 19.4 Å². The van der Waals surface area contributed by atoms with E-state index in [0.29, 0.717) is 0 Å². The van der Waals surface area contributed by atoms with Crippen LogP contribution in [0.25, 0.3) is 16.6 Å². The Morgan fingerprint density at radius 1 is 1.18 bits per heavy atom. The SMILES string of the molecule is CNc1cc(-c2cnn(C)c2)cn2nccc12. The van der Waals surface area contributed by atoms with Gasteiger partial charge in [0.25, 0.3) is 0 Å². The van der Waals surface area contributed by atoms with Gasteiger partial charge in [0.05, 0.1) is 23.6 Å². The standard InChI is InChI=1S/C12H13N5/c1-13-11-5-9(10-6-15-16(2)7-10)8-17-12(11)3-4-14-17/h3-8,13H,1-2H3. The van der Waals surface area contributed by atoms with E-state index in [2.05, 4.69) is 21.6 Å². The molecule has 3 rings (SSSR count). The fraction of sp³-hybridized carbons (Fsp3) is 0.167. The highest BCUT2D eigenvalue weighted by molar-refractivity contribution is 5.77. The maximum atomic E-state index is 4.27. The number of anilines is 1. The van der Waals surface area contributed by atoms with Gasteiger partial charge in [-0.25, -0.2) is 4.52 Å². The minimum atomic E-state index is 1.06. The highest BCUT2D eigenvalue weighted by Crippen LogP contribution is 2.25. The number of nitrogens with one attached hydrogen (secondary N) is 1. The summed E-state index contributed by atoms with van der Waals surface area (Å²) in [5.41, 5.74) is 4.31. The molecule has 3 heterocycles. The Morgan fingerprint density at radius 3 is 2.76 bits per heavy atom. The average molecular weight is 227 g/mol. The van der Waals surface area contributed by atoms with Gasteiger partial charge < -0.3 is 5.32 Å². The number of fused-ring (bicyclic) bond motifs is 1. The van der Waals surface area contributed by atoms with E-state index in [1.807, 2.05) is 43.3 Å². The lowest BCUT2D eigenvalue weighted by Crippen LogP contribution is -1.95. The number of aromatic nitrogens is 4. The van der Waals surface area contributed by atoms with E-state index in [9.17, 15) is 0 Å². The molecular weight excluding hydrogens is 214 g/mol. The van der Waals surface area contributed by atoms with Gasteiger partial charge in [0, 0.05) is 37.6 Å². The van der Waals surface area contributed by atoms with Gasteiger partial charge in [0.2, 0.25) is 0 Å². The van der Waals surface area contributed by atoms with E-state index < -0.39 is 0 Å². The Kier molecular flexibility index (Phi) is 2.11. The van der Waals surface area contributed by atoms with Crippen LogP contribution in [0.15, 0.2) is 36.9 Å². The number of rotatable bonds is 2. The highest BCUT2D eigenvalue weighted by atomic mass is 15.2. The van der Waals surface area contributed by atoms with Gasteiger partial charge in [-0.2, -0.15) is 10.2 Å². The van der Waals surface area contributed by atoms with Gasteiger partial charge >= 0.3 is 0 Å². The number of pyridine rings is 1. The second-order valence-corrected chi connectivity index (χ2v) is 3.96. The molecule has 5 nitrogen and oxygen atoms in total. The van der Waals surface area contributed by atoms with Crippen LogP contribution in [0, 0.1) is 0 Å². The largest absolute Gasteiger partial charge is 0.386 e. The number of aryl methyl sites for hydroxylation is 1. The van der Waals surface area contributed by atoms with Crippen molar-refractivity contribution in [3.63, 3.8) is 0 Å². The summed E-state index contributed by atoms with van der Waals surface area (Å²) in [6.07, 6.45) is 7.64. The Bertz CT molecular complexity index is 664. The second-order valence-electron chi connectivity index (χ2n) is 3.96. The van der Waals surface area contributed by atoms with Crippen LogP contribution in [-0.4, -0.2) is 26.4 Å². The van der Waals surface area contributed by atoms with Gasteiger partial charge in [0.1, 0.15) is 0 Å². The lowest BCUT2D eigenvalue weighted by molar-refractivity contribution is 0.768. The van der Waals surface area contributed by atoms with Gasteiger partial charge in [0.15, 0.2) is 0 Å². The summed E-state index contributed by atoms with van der Waals surface area (Å²) in [6.45, 7) is 0. The Morgan fingerprint density at radius 2 is 2.06 bits per heavy atom. The van der Waals surface area contributed by atoms with Crippen LogP contribution in [0.3, 0.4) is 0 Å². The predicted octanol–water partition coefficient (Wildman–Crippen LogP) is 1.78. The molecule has 1 N–H and O–H groups in total. The minimum Gasteiger partial charge on any atom is -0.386 e. The van der Waals surface area contributed by atoms with Crippen LogP contribution in [0.1, 0.15) is 0 Å². The van der Waals surface area contributed by atoms with Crippen LogP contribution in [0.5, 0.6) is 0 Å². The minimum absolute atomic E-state index is 1.06. The predicted molar refractivity (Wildman–Crippen MR) is 66.9 cm³/mol. The van der Waals surface area contributed by atoms with E-state index >= 15 is 0 Å². The first-order chi connectivity index (χ1) is 8.28. The third-order valence-corrected chi connectivity index (χ3v) is 2.82. The molecule has 0 aliphatic heterocycles. The van der Waals surface area contributed by atoms with Gasteiger partial charge in [-0.05, 0) is 12.1 Å². The fourth-order valence-electron chi connectivity index (χ4n) is 1.96. The summed E-state index contributed by atoms with van der Waals surface area (Å²) in [6, 6.07) is 4.09. The van der Waals surface area contributed by atoms with E-state index in [1.54, 1.807) is 10.9 Å². The molecule has 0 unspecified atom stereocenters. The van der Waals surface area contributed by atoms with E-state index in [-0.39, 0.29) is 0 Å². The Hall–Kier alpha value is -2.30. The van der Waals surface area contributed by atoms with Crippen molar-refractivity contribution in [2.45, 2.75) is 0 Å². The molecule has 86 valence electrons. The molecule has 0 aliphatic rings. The van der Waals surface area contributed by atoms with E-state index in [0.717, 1.165) is 22.3 Å². The van der Waals surface area contributed by atoms with Crippen molar-refractivity contribution < 1.29 is 0 Å². The van der Waals surface area contributed by atoms with Gasteiger partial charge in [-0.15, -0.1) is 0 Å². The maximum Gasteiger partial charge on any atom is 0.0893 e. The summed E-state index contributed by atoms with van der Waals surface area (Å²) in [7, 11) is 3.82. The number of hydrogen-bond acceptors (Lipinski definition) is 3. The maximum absolute atomic E-state index is 4.27. The molecule has 17 heavy (non-hydrogen) atoms. The molecule has 0 amide bonds. The topological polar surface area (TPSA) is 47.2 Å². The van der Waals surface area contributed by atoms with Crippen LogP contribution >= 0.6 is 0 Å². The molecule has 0 radical (unpaired) electrons. The Balaban J connectivity index is 2.23. The molecule has 0 fully saturated rings. The summed E-state index contributed by atoms with van der Waals surface area (Å²) >= 11 is 0. The van der Waals surface area contributed by atoms with Gasteiger partial charge in [-0.3, -0.25) is 4.68 Å². The van der Waals surface area contributed by atoms with Gasteiger partial charge in [-0.1, -0.05) is 0 Å². The monoisotopic (exact) mass is 227 g/mol. The third-order valence-electron chi connectivity index (χ3n) is 2.82. The van der Waals surface area contributed by atoms with Crippen LogP contribution in [0.2, 0.25) is 0 Å². The zero-order chi connectivity index (χ0) is 11.8. The van der Waals surface area contributed by atoms with Crippen LogP contribution in [-0.2, 0) is 7.05 Å². The summed E-state index contributed by atoms with van der Waals surface area (Å²) < 4.78 is 3.66. The van der Waals surface area contributed by atoms with Crippen molar-refractivity contribution in [3.05, 3.63) is 36.9 Å². The van der Waals surface area contributed by atoms with Crippen molar-refractivity contribution in [2.24, 2.45) is 7.05 Å². The van der Waals surface area contributed by atoms with Crippen molar-refractivity contribution in [3.8, 4) is 11.1 Å². The molecule has 0 saturated heterocycles. The lowest BCUT2D eigenvalue weighted by atomic mass is 10.1. The molecule has 5 heteroatoms. The molecule has 0 bridgehead atoms. The molecule has 0 spiro atoms. The lowest BCUT2D eigenvalue weighted by Gasteiger charge is -2.06. The van der Waals surface area contributed by atoms with Crippen LogP contribution < -0.4 is 5.32 Å². The van der Waals surface area contributed by atoms with Crippen molar-refractivity contribution in [2.75, 3.05) is 12.4 Å². The fourth-order valence-corrected chi connectivity index (χ4v) is 1.96. The smallest absolute Gasteiger partial charge is 0.0893 e. The Labute approximate surface area is 98.7 Å². The molecule has 0 saturated carbocycles. The van der Waals surface area contributed by atoms with E-state index in [4.69, 9.17) is 0 Å². The van der Waals surface area contributed by atoms with Crippen LogP contribution in [0.4, 0.5) is 5.69 Å². The highest BCUT2D eigenvalue weighted by Gasteiger charge is 2.06. The molecule has 0 atom stereocenters. The molecular formula is C12H13N5. The third kappa shape index (κ3) is 1.56.